The topological polar surface area (TPSA) is 46.2 Å². The Labute approximate surface area is 132 Å². The van der Waals surface area contributed by atoms with E-state index in [0.717, 1.165) is 19.3 Å². The molecule has 0 aliphatic heterocycles. The molecule has 0 bridgehead atoms. The molecule has 1 fully saturated rings. The quantitative estimate of drug-likeness (QED) is 0.475. The molecule has 1 rings (SSSR count). The third-order valence-corrected chi connectivity index (χ3v) is 6.46. The molecular formula is C17H35NO2S. The van der Waals surface area contributed by atoms with Gasteiger partial charge in [0.1, 0.15) is 0 Å². The highest BCUT2D eigenvalue weighted by Gasteiger charge is 2.35. The van der Waals surface area contributed by atoms with Crippen molar-refractivity contribution >= 4 is 10.0 Å². The van der Waals surface area contributed by atoms with Crippen LogP contribution in [0.5, 0.6) is 0 Å². The molecule has 0 aromatic rings. The van der Waals surface area contributed by atoms with E-state index < -0.39 is 10.0 Å². The molecule has 0 amide bonds. The van der Waals surface area contributed by atoms with Crippen molar-refractivity contribution in [1.29, 1.82) is 0 Å². The Bertz CT molecular complexity index is 350. The van der Waals surface area contributed by atoms with Crippen LogP contribution in [0, 0.1) is 5.92 Å². The van der Waals surface area contributed by atoms with Crippen molar-refractivity contribution in [3.63, 3.8) is 0 Å². The Morgan fingerprint density at radius 1 is 0.905 bits per heavy atom. The van der Waals surface area contributed by atoms with Crippen LogP contribution in [-0.4, -0.2) is 20.2 Å². The van der Waals surface area contributed by atoms with E-state index in [1.54, 1.807) is 0 Å². The molecule has 0 aromatic carbocycles. The van der Waals surface area contributed by atoms with Crippen LogP contribution in [0.25, 0.3) is 0 Å². The molecule has 1 unspecified atom stereocenters. The van der Waals surface area contributed by atoms with Crippen LogP contribution in [0.2, 0.25) is 0 Å². The van der Waals surface area contributed by atoms with Gasteiger partial charge in [-0.15, -0.1) is 0 Å². The number of hydrogen-bond donors (Lipinski definition) is 1. The minimum atomic E-state index is -2.99. The van der Waals surface area contributed by atoms with Crippen molar-refractivity contribution in [2.75, 3.05) is 6.54 Å². The third kappa shape index (κ3) is 8.82. The van der Waals surface area contributed by atoms with Crippen molar-refractivity contribution in [1.82, 2.24) is 4.72 Å². The molecule has 1 aliphatic rings. The Hall–Kier alpha value is -0.0900. The van der Waals surface area contributed by atoms with Crippen LogP contribution < -0.4 is 4.72 Å². The fourth-order valence-electron chi connectivity index (χ4n) is 2.88. The molecule has 0 aromatic heterocycles. The lowest BCUT2D eigenvalue weighted by atomic mass is 9.92. The van der Waals surface area contributed by atoms with Crippen LogP contribution in [0.1, 0.15) is 90.9 Å². The van der Waals surface area contributed by atoms with E-state index in [1.165, 1.54) is 57.8 Å². The van der Waals surface area contributed by atoms with Gasteiger partial charge in [0.15, 0.2) is 0 Å². The first-order valence-electron chi connectivity index (χ1n) is 9.08. The third-order valence-electron chi connectivity index (χ3n) is 4.50. The lowest BCUT2D eigenvalue weighted by molar-refractivity contribution is 0.384. The van der Waals surface area contributed by atoms with E-state index in [0.29, 0.717) is 12.5 Å². The average molecular weight is 318 g/mol. The zero-order chi connectivity index (χ0) is 15.6. The van der Waals surface area contributed by atoms with Gasteiger partial charge in [-0.3, -0.25) is 0 Å². The highest BCUT2D eigenvalue weighted by atomic mass is 32.2. The van der Waals surface area contributed by atoms with Crippen LogP contribution in [0.3, 0.4) is 0 Å². The lowest BCUT2D eigenvalue weighted by Crippen LogP contribution is -2.29. The maximum absolute atomic E-state index is 11.8. The molecule has 4 heteroatoms. The average Bonchev–Trinajstić information content (AvgIpc) is 3.28. The van der Waals surface area contributed by atoms with Gasteiger partial charge in [0, 0.05) is 6.54 Å². The predicted octanol–water partition coefficient (Wildman–Crippen LogP) is 4.63. The van der Waals surface area contributed by atoms with E-state index in [-0.39, 0.29) is 5.25 Å². The maximum atomic E-state index is 11.8. The predicted molar refractivity (Wildman–Crippen MR) is 91.0 cm³/mol. The summed E-state index contributed by atoms with van der Waals surface area (Å²) in [6, 6.07) is 0. The largest absolute Gasteiger partial charge is 0.215 e. The standard InChI is InChI=1S/C17H35NO2S/c1-3-5-7-9-11-16(10-8-6-4-2)14-15-18-21(19,20)17-12-13-17/h16-18H,3-15H2,1-2H3. The van der Waals surface area contributed by atoms with Crippen molar-refractivity contribution in [3.05, 3.63) is 0 Å². The van der Waals surface area contributed by atoms with Gasteiger partial charge in [-0.2, -0.15) is 0 Å². The SMILES string of the molecule is CCCCCCC(CCCCC)CCNS(=O)(=O)C1CC1. The monoisotopic (exact) mass is 317 g/mol. The summed E-state index contributed by atoms with van der Waals surface area (Å²) in [6.07, 6.45) is 14.4. The second-order valence-electron chi connectivity index (χ2n) is 6.64. The number of unbranched alkanes of at least 4 members (excludes halogenated alkanes) is 5. The molecule has 21 heavy (non-hydrogen) atoms. The van der Waals surface area contributed by atoms with Crippen LogP contribution >= 0.6 is 0 Å². The Kier molecular flexibility index (Phi) is 9.57. The second-order valence-corrected chi connectivity index (χ2v) is 8.68. The zero-order valence-electron chi connectivity index (χ0n) is 14.1. The summed E-state index contributed by atoms with van der Waals surface area (Å²) in [6.45, 7) is 5.12. The summed E-state index contributed by atoms with van der Waals surface area (Å²) in [5, 5.41) is -0.0828. The first-order chi connectivity index (χ1) is 10.1. The van der Waals surface area contributed by atoms with Gasteiger partial charge in [-0.05, 0) is 25.2 Å². The van der Waals surface area contributed by atoms with E-state index in [2.05, 4.69) is 18.6 Å². The van der Waals surface area contributed by atoms with E-state index in [1.807, 2.05) is 0 Å². The fraction of sp³-hybridized carbons (Fsp3) is 1.00. The lowest BCUT2D eigenvalue weighted by Gasteiger charge is -2.17. The molecule has 1 N–H and O–H groups in total. The van der Waals surface area contributed by atoms with Gasteiger partial charge in [0.05, 0.1) is 5.25 Å². The van der Waals surface area contributed by atoms with Crippen molar-refractivity contribution in [2.45, 2.75) is 96.1 Å². The molecule has 1 saturated carbocycles. The summed E-state index contributed by atoms with van der Waals surface area (Å²) in [7, 11) is -2.99. The molecule has 126 valence electrons. The van der Waals surface area contributed by atoms with E-state index in [4.69, 9.17) is 0 Å². The summed E-state index contributed by atoms with van der Waals surface area (Å²) in [5.41, 5.74) is 0. The van der Waals surface area contributed by atoms with Gasteiger partial charge in [-0.25, -0.2) is 13.1 Å². The van der Waals surface area contributed by atoms with Gasteiger partial charge < -0.3 is 0 Å². The Morgan fingerprint density at radius 3 is 2.05 bits per heavy atom. The van der Waals surface area contributed by atoms with Gasteiger partial charge >= 0.3 is 0 Å². The Balaban J connectivity index is 2.22. The highest BCUT2D eigenvalue weighted by molar-refractivity contribution is 7.90. The van der Waals surface area contributed by atoms with E-state index >= 15 is 0 Å². The molecular weight excluding hydrogens is 282 g/mol. The van der Waals surface area contributed by atoms with Crippen LogP contribution in [-0.2, 0) is 10.0 Å². The molecule has 1 aliphatic carbocycles. The Morgan fingerprint density at radius 2 is 1.48 bits per heavy atom. The molecule has 0 radical (unpaired) electrons. The van der Waals surface area contributed by atoms with E-state index in [9.17, 15) is 8.42 Å². The zero-order valence-corrected chi connectivity index (χ0v) is 14.9. The van der Waals surface area contributed by atoms with Crippen LogP contribution in [0.15, 0.2) is 0 Å². The first kappa shape index (κ1) is 19.0. The van der Waals surface area contributed by atoms with Gasteiger partial charge in [0.2, 0.25) is 10.0 Å². The first-order valence-corrected chi connectivity index (χ1v) is 10.6. The van der Waals surface area contributed by atoms with Gasteiger partial charge in [0.25, 0.3) is 0 Å². The second kappa shape index (κ2) is 10.6. The summed E-state index contributed by atoms with van der Waals surface area (Å²) in [4.78, 5) is 0. The number of sulfonamides is 1. The van der Waals surface area contributed by atoms with Gasteiger partial charge in [-0.1, -0.05) is 71.6 Å². The van der Waals surface area contributed by atoms with Crippen molar-refractivity contribution < 1.29 is 8.42 Å². The smallest absolute Gasteiger partial charge is 0.214 e. The number of hydrogen-bond acceptors (Lipinski definition) is 2. The van der Waals surface area contributed by atoms with Crippen molar-refractivity contribution in [2.24, 2.45) is 5.92 Å². The summed E-state index contributed by atoms with van der Waals surface area (Å²) < 4.78 is 26.5. The summed E-state index contributed by atoms with van der Waals surface area (Å²) >= 11 is 0. The molecule has 0 spiro atoms. The fourth-order valence-corrected chi connectivity index (χ4v) is 4.27. The molecule has 0 heterocycles. The molecule has 0 saturated heterocycles. The highest BCUT2D eigenvalue weighted by Crippen LogP contribution is 2.27. The van der Waals surface area contributed by atoms with Crippen LogP contribution in [0.4, 0.5) is 0 Å². The minimum absolute atomic E-state index is 0.0828. The normalized spacial score (nSPS) is 17.0. The summed E-state index contributed by atoms with van der Waals surface area (Å²) in [5.74, 6) is 0.704. The number of rotatable bonds is 14. The molecule has 3 nitrogen and oxygen atoms in total. The molecule has 1 atom stereocenters. The maximum Gasteiger partial charge on any atom is 0.214 e. The minimum Gasteiger partial charge on any atom is -0.215 e. The number of nitrogens with one attached hydrogen (secondary N) is 1. The van der Waals surface area contributed by atoms with Crippen molar-refractivity contribution in [3.8, 4) is 0 Å².